The maximum atomic E-state index is 5.72. The average Bonchev–Trinajstić information content (AvgIpc) is 2.39. The van der Waals surface area contributed by atoms with Crippen LogP contribution < -0.4 is 16.0 Å². The molecule has 1 aliphatic heterocycles. The number of hydrogen-bond acceptors (Lipinski definition) is 3. The minimum absolute atomic E-state index is 0.425. The van der Waals surface area contributed by atoms with E-state index >= 15 is 0 Å². The second kappa shape index (κ2) is 5.52. The van der Waals surface area contributed by atoms with Crippen molar-refractivity contribution < 1.29 is 0 Å². The molecule has 3 nitrogen and oxygen atoms in total. The number of nitrogens with zero attached hydrogens (tertiary/aromatic N) is 1. The summed E-state index contributed by atoms with van der Waals surface area (Å²) in [4.78, 5) is 2.41. The van der Waals surface area contributed by atoms with Crippen LogP contribution >= 0.6 is 0 Å². The summed E-state index contributed by atoms with van der Waals surface area (Å²) in [5.41, 5.74) is 8.43. The highest BCUT2D eigenvalue weighted by atomic mass is 15.2. The van der Waals surface area contributed by atoms with E-state index in [4.69, 9.17) is 5.73 Å². The molecule has 0 aromatic heterocycles. The van der Waals surface area contributed by atoms with Crippen molar-refractivity contribution >= 4 is 5.69 Å². The summed E-state index contributed by atoms with van der Waals surface area (Å²) in [6.45, 7) is 8.26. The van der Waals surface area contributed by atoms with Gasteiger partial charge in [-0.3, -0.25) is 0 Å². The molecule has 0 radical (unpaired) electrons. The van der Waals surface area contributed by atoms with Crippen molar-refractivity contribution in [2.75, 3.05) is 31.1 Å². The largest absolute Gasteiger partial charge is 0.369 e. The third-order valence-electron chi connectivity index (χ3n) is 3.46. The Balaban J connectivity index is 2.06. The van der Waals surface area contributed by atoms with E-state index in [0.29, 0.717) is 18.5 Å². The van der Waals surface area contributed by atoms with E-state index < -0.39 is 0 Å². The van der Waals surface area contributed by atoms with Gasteiger partial charge in [-0.15, -0.1) is 0 Å². The summed E-state index contributed by atoms with van der Waals surface area (Å²) in [6.07, 6.45) is 0. The molecule has 0 saturated carbocycles. The summed E-state index contributed by atoms with van der Waals surface area (Å²) in [6, 6.07) is 9.36. The van der Waals surface area contributed by atoms with Crippen LogP contribution in [0.4, 0.5) is 5.69 Å². The first-order chi connectivity index (χ1) is 8.20. The number of benzene rings is 1. The molecule has 3 N–H and O–H groups in total. The Morgan fingerprint density at radius 2 is 2.06 bits per heavy atom. The van der Waals surface area contributed by atoms with E-state index in [1.165, 1.54) is 11.3 Å². The molecule has 0 amide bonds. The fourth-order valence-corrected chi connectivity index (χ4v) is 2.29. The van der Waals surface area contributed by atoms with Crippen LogP contribution in [-0.4, -0.2) is 32.2 Å². The van der Waals surface area contributed by atoms with Crippen LogP contribution in [0.25, 0.3) is 0 Å². The standard InChI is InChI=1S/C14H23N3/c1-11(2)12-3-5-14(6-4-12)17-8-7-16-13(9-15)10-17/h3-6,11,13,16H,7-10,15H2,1-2H3. The minimum atomic E-state index is 0.425. The highest BCUT2D eigenvalue weighted by Crippen LogP contribution is 2.20. The number of piperazine rings is 1. The molecule has 1 saturated heterocycles. The van der Waals surface area contributed by atoms with Crippen molar-refractivity contribution in [2.24, 2.45) is 5.73 Å². The Bertz CT molecular complexity index is 345. The molecule has 1 heterocycles. The van der Waals surface area contributed by atoms with Gasteiger partial charge in [-0.05, 0) is 23.6 Å². The molecule has 1 aromatic rings. The van der Waals surface area contributed by atoms with Gasteiger partial charge in [-0.2, -0.15) is 0 Å². The maximum Gasteiger partial charge on any atom is 0.0367 e. The van der Waals surface area contributed by atoms with Crippen molar-refractivity contribution in [3.05, 3.63) is 29.8 Å². The monoisotopic (exact) mass is 233 g/mol. The molecule has 1 unspecified atom stereocenters. The highest BCUT2D eigenvalue weighted by Gasteiger charge is 2.18. The van der Waals surface area contributed by atoms with Crippen molar-refractivity contribution in [3.63, 3.8) is 0 Å². The van der Waals surface area contributed by atoms with Crippen molar-refractivity contribution in [2.45, 2.75) is 25.8 Å². The molecular weight excluding hydrogens is 210 g/mol. The molecule has 3 heteroatoms. The van der Waals surface area contributed by atoms with Crippen LogP contribution in [0.2, 0.25) is 0 Å². The predicted molar refractivity (Wildman–Crippen MR) is 73.6 cm³/mol. The lowest BCUT2D eigenvalue weighted by molar-refractivity contribution is 0.463. The smallest absolute Gasteiger partial charge is 0.0367 e. The van der Waals surface area contributed by atoms with Gasteiger partial charge in [0, 0.05) is 37.9 Å². The van der Waals surface area contributed by atoms with Crippen molar-refractivity contribution in [1.29, 1.82) is 0 Å². The Hall–Kier alpha value is -1.06. The Morgan fingerprint density at radius 1 is 1.35 bits per heavy atom. The first-order valence-electron chi connectivity index (χ1n) is 6.49. The molecule has 17 heavy (non-hydrogen) atoms. The number of hydrogen-bond donors (Lipinski definition) is 2. The lowest BCUT2D eigenvalue weighted by Gasteiger charge is -2.34. The fourth-order valence-electron chi connectivity index (χ4n) is 2.29. The van der Waals surface area contributed by atoms with Gasteiger partial charge in [-0.25, -0.2) is 0 Å². The van der Waals surface area contributed by atoms with Crippen LogP contribution in [0, 0.1) is 0 Å². The summed E-state index contributed by atoms with van der Waals surface area (Å²) < 4.78 is 0. The SMILES string of the molecule is CC(C)c1ccc(N2CCNC(CN)C2)cc1. The second-order valence-corrected chi connectivity index (χ2v) is 5.08. The van der Waals surface area contributed by atoms with Gasteiger partial charge in [0.25, 0.3) is 0 Å². The normalized spacial score (nSPS) is 20.9. The molecule has 94 valence electrons. The third kappa shape index (κ3) is 2.99. The van der Waals surface area contributed by atoms with Gasteiger partial charge in [-0.1, -0.05) is 26.0 Å². The Kier molecular flexibility index (Phi) is 4.02. The first-order valence-corrected chi connectivity index (χ1v) is 6.49. The van der Waals surface area contributed by atoms with Gasteiger partial charge in [0.1, 0.15) is 0 Å². The van der Waals surface area contributed by atoms with Gasteiger partial charge in [0.15, 0.2) is 0 Å². The third-order valence-corrected chi connectivity index (χ3v) is 3.46. The molecule has 1 aliphatic rings. The van der Waals surface area contributed by atoms with E-state index in [0.717, 1.165) is 19.6 Å². The molecular formula is C14H23N3. The molecule has 0 bridgehead atoms. The first kappa shape index (κ1) is 12.4. The zero-order chi connectivity index (χ0) is 12.3. The topological polar surface area (TPSA) is 41.3 Å². The van der Waals surface area contributed by atoms with E-state index in [9.17, 15) is 0 Å². The van der Waals surface area contributed by atoms with E-state index in [2.05, 4.69) is 48.3 Å². The zero-order valence-electron chi connectivity index (χ0n) is 10.8. The van der Waals surface area contributed by atoms with Crippen LogP contribution in [0.3, 0.4) is 0 Å². The minimum Gasteiger partial charge on any atom is -0.369 e. The summed E-state index contributed by atoms with van der Waals surface area (Å²) in [5.74, 6) is 0.601. The Labute approximate surface area is 104 Å². The van der Waals surface area contributed by atoms with Crippen LogP contribution in [-0.2, 0) is 0 Å². The second-order valence-electron chi connectivity index (χ2n) is 5.08. The lowest BCUT2D eigenvalue weighted by atomic mass is 10.0. The van der Waals surface area contributed by atoms with Gasteiger partial charge < -0.3 is 16.0 Å². The number of rotatable bonds is 3. The van der Waals surface area contributed by atoms with E-state index in [1.54, 1.807) is 0 Å². The average molecular weight is 233 g/mol. The fraction of sp³-hybridized carbons (Fsp3) is 0.571. The molecule has 1 atom stereocenters. The predicted octanol–water partition coefficient (Wildman–Crippen LogP) is 1.55. The molecule has 0 spiro atoms. The van der Waals surface area contributed by atoms with Gasteiger partial charge >= 0.3 is 0 Å². The van der Waals surface area contributed by atoms with Crippen LogP contribution in [0.15, 0.2) is 24.3 Å². The molecule has 2 rings (SSSR count). The van der Waals surface area contributed by atoms with Crippen molar-refractivity contribution in [3.8, 4) is 0 Å². The van der Waals surface area contributed by atoms with E-state index in [-0.39, 0.29) is 0 Å². The quantitative estimate of drug-likeness (QED) is 0.832. The van der Waals surface area contributed by atoms with Crippen molar-refractivity contribution in [1.82, 2.24) is 5.32 Å². The van der Waals surface area contributed by atoms with Crippen LogP contribution in [0.5, 0.6) is 0 Å². The van der Waals surface area contributed by atoms with Gasteiger partial charge in [0.05, 0.1) is 0 Å². The number of anilines is 1. The number of nitrogens with two attached hydrogens (primary N) is 1. The summed E-state index contributed by atoms with van der Waals surface area (Å²) in [5, 5.41) is 3.43. The molecule has 1 fully saturated rings. The zero-order valence-corrected chi connectivity index (χ0v) is 10.8. The lowest BCUT2D eigenvalue weighted by Crippen LogP contribution is -2.53. The maximum absolute atomic E-state index is 5.72. The molecule has 1 aromatic carbocycles. The number of nitrogens with one attached hydrogen (secondary N) is 1. The summed E-state index contributed by atoms with van der Waals surface area (Å²) in [7, 11) is 0. The van der Waals surface area contributed by atoms with Gasteiger partial charge in [0.2, 0.25) is 0 Å². The van der Waals surface area contributed by atoms with Crippen LogP contribution in [0.1, 0.15) is 25.3 Å². The van der Waals surface area contributed by atoms with E-state index in [1.807, 2.05) is 0 Å². The molecule has 0 aliphatic carbocycles. The highest BCUT2D eigenvalue weighted by molar-refractivity contribution is 5.48. The Morgan fingerprint density at radius 3 is 2.65 bits per heavy atom. The summed E-state index contributed by atoms with van der Waals surface area (Å²) >= 11 is 0.